The van der Waals surface area contributed by atoms with Crippen LogP contribution in [0.15, 0.2) is 16.7 Å². The minimum atomic E-state index is -0.579. The number of hydrogen-bond acceptors (Lipinski definition) is 4. The number of anilines is 1. The van der Waals surface area contributed by atoms with Crippen molar-refractivity contribution in [3.8, 4) is 0 Å². The minimum Gasteiger partial charge on any atom is -0.443 e. The Morgan fingerprint density at radius 1 is 1.47 bits per heavy atom. The third kappa shape index (κ3) is 2.94. The van der Waals surface area contributed by atoms with Crippen molar-refractivity contribution >= 4 is 33.6 Å². The van der Waals surface area contributed by atoms with Crippen LogP contribution in [0.3, 0.4) is 0 Å². The van der Waals surface area contributed by atoms with E-state index in [9.17, 15) is 9.59 Å². The molecule has 0 spiro atoms. The van der Waals surface area contributed by atoms with Crippen molar-refractivity contribution < 1.29 is 14.3 Å². The summed E-state index contributed by atoms with van der Waals surface area (Å²) in [5.74, 6) is 0.342. The van der Waals surface area contributed by atoms with E-state index in [2.05, 4.69) is 20.9 Å². The molecule has 19 heavy (non-hydrogen) atoms. The van der Waals surface area contributed by atoms with Gasteiger partial charge >= 0.3 is 6.09 Å². The molecule has 0 radical (unpaired) electrons. The minimum absolute atomic E-state index is 0.0187. The molecule has 6 heteroatoms. The quantitative estimate of drug-likeness (QED) is 0.734. The van der Waals surface area contributed by atoms with Gasteiger partial charge in [-0.1, -0.05) is 0 Å². The molecule has 0 N–H and O–H groups in total. The van der Waals surface area contributed by atoms with Gasteiger partial charge in [-0.2, -0.15) is 0 Å². The van der Waals surface area contributed by atoms with Crippen LogP contribution in [0.4, 0.5) is 10.6 Å². The summed E-state index contributed by atoms with van der Waals surface area (Å²) in [6.07, 6.45) is 1.35. The van der Waals surface area contributed by atoms with Gasteiger partial charge < -0.3 is 4.74 Å². The first kappa shape index (κ1) is 14.0. The molecule has 0 fully saturated rings. The maximum atomic E-state index is 12.1. The lowest BCUT2D eigenvalue weighted by Crippen LogP contribution is -2.41. The Hall–Kier alpha value is -1.43. The van der Waals surface area contributed by atoms with Gasteiger partial charge in [-0.25, -0.2) is 9.78 Å². The summed E-state index contributed by atoms with van der Waals surface area (Å²) in [4.78, 5) is 29.6. The number of ketones is 1. The second-order valence-corrected chi connectivity index (χ2v) is 6.15. The van der Waals surface area contributed by atoms with E-state index in [1.54, 1.807) is 33.0 Å². The molecule has 0 saturated carbocycles. The monoisotopic (exact) mass is 326 g/mol. The standard InChI is InChI=1S/C13H15BrN2O3/c1-13(2,3)19-12(18)16-7-5-9(17)10-8(14)4-6-15-11(10)16/h4,6H,5,7H2,1-3H3. The van der Waals surface area contributed by atoms with Crippen LogP contribution in [0.5, 0.6) is 0 Å². The summed E-state index contributed by atoms with van der Waals surface area (Å²) in [6.45, 7) is 5.70. The van der Waals surface area contributed by atoms with Gasteiger partial charge in [-0.15, -0.1) is 0 Å². The summed E-state index contributed by atoms with van der Waals surface area (Å²) in [5, 5.41) is 0. The van der Waals surface area contributed by atoms with E-state index in [0.717, 1.165) is 0 Å². The fourth-order valence-electron chi connectivity index (χ4n) is 1.83. The molecule has 0 saturated heterocycles. The van der Waals surface area contributed by atoms with E-state index in [4.69, 9.17) is 4.74 Å². The van der Waals surface area contributed by atoms with Crippen LogP contribution in [0.25, 0.3) is 0 Å². The molecule has 0 bridgehead atoms. The number of nitrogens with zero attached hydrogens (tertiary/aromatic N) is 2. The molecule has 1 aromatic heterocycles. The van der Waals surface area contributed by atoms with E-state index in [1.807, 2.05) is 0 Å². The Bertz CT molecular complexity index is 537. The fraction of sp³-hybridized carbons (Fsp3) is 0.462. The van der Waals surface area contributed by atoms with Crippen LogP contribution in [-0.4, -0.2) is 29.0 Å². The van der Waals surface area contributed by atoms with Crippen LogP contribution in [0.2, 0.25) is 0 Å². The van der Waals surface area contributed by atoms with Crippen molar-refractivity contribution in [1.82, 2.24) is 4.98 Å². The summed E-state index contributed by atoms with van der Waals surface area (Å²) < 4.78 is 5.98. The first-order valence-corrected chi connectivity index (χ1v) is 6.77. The summed E-state index contributed by atoms with van der Waals surface area (Å²) >= 11 is 3.32. The number of rotatable bonds is 0. The highest BCUT2D eigenvalue weighted by Crippen LogP contribution is 2.31. The molecule has 0 atom stereocenters. The zero-order valence-electron chi connectivity index (χ0n) is 11.1. The lowest BCUT2D eigenvalue weighted by Gasteiger charge is -2.30. The Morgan fingerprint density at radius 3 is 2.79 bits per heavy atom. The van der Waals surface area contributed by atoms with Crippen LogP contribution >= 0.6 is 15.9 Å². The van der Waals surface area contributed by atoms with E-state index in [-0.39, 0.29) is 12.2 Å². The molecule has 1 amide bonds. The van der Waals surface area contributed by atoms with Crippen molar-refractivity contribution in [2.75, 3.05) is 11.4 Å². The molecule has 1 aliphatic rings. The van der Waals surface area contributed by atoms with Crippen LogP contribution in [0, 0.1) is 0 Å². The Kier molecular flexibility index (Phi) is 3.62. The molecule has 5 nitrogen and oxygen atoms in total. The number of hydrogen-bond donors (Lipinski definition) is 0. The van der Waals surface area contributed by atoms with Gasteiger partial charge in [-0.05, 0) is 42.8 Å². The molecule has 2 heterocycles. The highest BCUT2D eigenvalue weighted by atomic mass is 79.9. The van der Waals surface area contributed by atoms with Crippen molar-refractivity contribution in [2.24, 2.45) is 0 Å². The highest BCUT2D eigenvalue weighted by molar-refractivity contribution is 9.10. The van der Waals surface area contributed by atoms with Gasteiger partial charge in [0.2, 0.25) is 0 Å². The Balaban J connectivity index is 2.37. The predicted molar refractivity (Wildman–Crippen MR) is 74.5 cm³/mol. The molecule has 102 valence electrons. The summed E-state index contributed by atoms with van der Waals surface area (Å²) in [7, 11) is 0. The Labute approximate surface area is 120 Å². The van der Waals surface area contributed by atoms with Crippen molar-refractivity contribution in [3.63, 3.8) is 0 Å². The predicted octanol–water partition coefficient (Wildman–Crippen LogP) is 3.17. The third-order valence-electron chi connectivity index (χ3n) is 2.59. The van der Waals surface area contributed by atoms with Crippen LogP contribution < -0.4 is 4.90 Å². The van der Waals surface area contributed by atoms with E-state index < -0.39 is 11.7 Å². The lowest BCUT2D eigenvalue weighted by molar-refractivity contribution is 0.0576. The number of halogens is 1. The lowest BCUT2D eigenvalue weighted by atomic mass is 10.0. The van der Waals surface area contributed by atoms with Crippen molar-refractivity contribution in [1.29, 1.82) is 0 Å². The molecule has 2 rings (SSSR count). The topological polar surface area (TPSA) is 59.5 Å². The maximum absolute atomic E-state index is 12.1. The second kappa shape index (κ2) is 4.92. The van der Waals surface area contributed by atoms with Crippen molar-refractivity contribution in [2.45, 2.75) is 32.8 Å². The van der Waals surface area contributed by atoms with Gasteiger partial charge in [0, 0.05) is 23.6 Å². The molecule has 1 aliphatic heterocycles. The average molecular weight is 327 g/mol. The highest BCUT2D eigenvalue weighted by Gasteiger charge is 2.32. The largest absolute Gasteiger partial charge is 0.443 e. The SMILES string of the molecule is CC(C)(C)OC(=O)N1CCC(=O)c2c(Br)ccnc21. The zero-order valence-corrected chi connectivity index (χ0v) is 12.7. The van der Waals surface area contributed by atoms with Gasteiger partial charge in [0.1, 0.15) is 11.4 Å². The van der Waals surface area contributed by atoms with Gasteiger partial charge in [-0.3, -0.25) is 9.69 Å². The van der Waals surface area contributed by atoms with E-state index >= 15 is 0 Å². The van der Waals surface area contributed by atoms with Gasteiger partial charge in [0.25, 0.3) is 0 Å². The molecule has 0 unspecified atom stereocenters. The number of carbonyl (C=O) groups is 2. The zero-order chi connectivity index (χ0) is 14.2. The van der Waals surface area contributed by atoms with E-state index in [1.165, 1.54) is 4.90 Å². The molecule has 0 aliphatic carbocycles. The Morgan fingerprint density at radius 2 is 2.16 bits per heavy atom. The number of aromatic nitrogens is 1. The van der Waals surface area contributed by atoms with Crippen LogP contribution in [-0.2, 0) is 4.74 Å². The average Bonchev–Trinajstić information content (AvgIpc) is 2.26. The third-order valence-corrected chi connectivity index (χ3v) is 3.25. The molecule has 1 aromatic rings. The first-order chi connectivity index (χ1) is 8.79. The molecular weight excluding hydrogens is 312 g/mol. The van der Waals surface area contributed by atoms with E-state index in [0.29, 0.717) is 22.4 Å². The maximum Gasteiger partial charge on any atom is 0.416 e. The number of Topliss-reactive ketones (excluding diaryl/α,β-unsaturated/α-hetero) is 1. The van der Waals surface area contributed by atoms with Gasteiger partial charge in [0.05, 0.1) is 5.56 Å². The summed E-state index contributed by atoms with van der Waals surface area (Å²) in [5.41, 5.74) is -0.135. The molecular formula is C13H15BrN2O3. The van der Waals surface area contributed by atoms with Gasteiger partial charge in [0.15, 0.2) is 5.78 Å². The first-order valence-electron chi connectivity index (χ1n) is 5.98. The molecule has 0 aromatic carbocycles. The fourth-order valence-corrected chi connectivity index (χ4v) is 2.35. The normalized spacial score (nSPS) is 15.2. The summed E-state index contributed by atoms with van der Waals surface area (Å²) in [6, 6.07) is 1.69. The number of ether oxygens (including phenoxy) is 1. The second-order valence-electron chi connectivity index (χ2n) is 5.30. The number of carbonyl (C=O) groups excluding carboxylic acids is 2. The number of pyridine rings is 1. The van der Waals surface area contributed by atoms with Crippen molar-refractivity contribution in [3.05, 3.63) is 22.3 Å². The number of fused-ring (bicyclic) bond motifs is 1. The number of amides is 1. The smallest absolute Gasteiger partial charge is 0.416 e. The van der Waals surface area contributed by atoms with Crippen LogP contribution in [0.1, 0.15) is 37.6 Å².